The van der Waals surface area contributed by atoms with Crippen molar-refractivity contribution in [2.75, 3.05) is 7.11 Å². The Kier molecular flexibility index (Phi) is 3.73. The average molecular weight is 281 g/mol. The van der Waals surface area contributed by atoms with E-state index in [4.69, 9.17) is 10.5 Å². The number of aryl methyl sites for hydroxylation is 1. The largest absolute Gasteiger partial charge is 0.496 e. The van der Waals surface area contributed by atoms with Crippen molar-refractivity contribution in [3.63, 3.8) is 0 Å². The Morgan fingerprint density at radius 2 is 1.86 bits per heavy atom. The first-order valence-corrected chi connectivity index (χ1v) is 7.60. The number of ether oxygens (including phenoxy) is 1. The van der Waals surface area contributed by atoms with Crippen molar-refractivity contribution in [1.82, 2.24) is 0 Å². The smallest absolute Gasteiger partial charge is 0.122 e. The van der Waals surface area contributed by atoms with E-state index in [1.54, 1.807) is 7.11 Å². The zero-order valence-corrected chi connectivity index (χ0v) is 12.8. The van der Waals surface area contributed by atoms with Crippen LogP contribution in [-0.2, 0) is 11.8 Å². The fraction of sp³-hybridized carbons (Fsp3) is 0.368. The highest BCUT2D eigenvalue weighted by Gasteiger charge is 2.49. The van der Waals surface area contributed by atoms with Gasteiger partial charge in [0.2, 0.25) is 0 Å². The molecule has 0 amide bonds. The molecule has 1 unspecified atom stereocenters. The zero-order chi connectivity index (χ0) is 14.9. The van der Waals surface area contributed by atoms with E-state index < -0.39 is 0 Å². The molecule has 2 aromatic rings. The molecule has 3 rings (SSSR count). The van der Waals surface area contributed by atoms with Gasteiger partial charge in [0.1, 0.15) is 5.75 Å². The van der Waals surface area contributed by atoms with E-state index >= 15 is 0 Å². The number of benzene rings is 2. The molecular weight excluding hydrogens is 258 g/mol. The van der Waals surface area contributed by atoms with E-state index in [1.165, 1.54) is 29.5 Å². The molecule has 0 spiro atoms. The van der Waals surface area contributed by atoms with E-state index in [0.29, 0.717) is 0 Å². The quantitative estimate of drug-likeness (QED) is 0.908. The molecule has 1 aliphatic rings. The topological polar surface area (TPSA) is 35.2 Å². The second kappa shape index (κ2) is 5.53. The van der Waals surface area contributed by atoms with Crippen molar-refractivity contribution in [3.8, 4) is 5.75 Å². The van der Waals surface area contributed by atoms with Gasteiger partial charge in [-0.25, -0.2) is 0 Å². The van der Waals surface area contributed by atoms with Crippen LogP contribution in [0.3, 0.4) is 0 Å². The highest BCUT2D eigenvalue weighted by molar-refractivity contribution is 5.40. The van der Waals surface area contributed by atoms with Gasteiger partial charge in [0.25, 0.3) is 0 Å². The Hall–Kier alpha value is -1.80. The van der Waals surface area contributed by atoms with Crippen molar-refractivity contribution < 1.29 is 4.74 Å². The molecule has 21 heavy (non-hydrogen) atoms. The molecule has 2 aromatic carbocycles. The SMILES string of the molecule is COc1ccc(C)cc1CC(N)C1(c2ccccc2)CC1. The summed E-state index contributed by atoms with van der Waals surface area (Å²) < 4.78 is 5.48. The van der Waals surface area contributed by atoms with Crippen LogP contribution in [0.1, 0.15) is 29.5 Å². The van der Waals surface area contributed by atoms with Crippen molar-refractivity contribution in [2.24, 2.45) is 5.73 Å². The summed E-state index contributed by atoms with van der Waals surface area (Å²) in [5, 5.41) is 0. The highest BCUT2D eigenvalue weighted by atomic mass is 16.5. The lowest BCUT2D eigenvalue weighted by molar-refractivity contribution is 0.404. The molecule has 1 atom stereocenters. The number of hydrogen-bond donors (Lipinski definition) is 1. The fourth-order valence-electron chi connectivity index (χ4n) is 3.28. The van der Waals surface area contributed by atoms with Gasteiger partial charge in [0, 0.05) is 11.5 Å². The van der Waals surface area contributed by atoms with Gasteiger partial charge in [0.05, 0.1) is 7.11 Å². The molecule has 0 heterocycles. The Morgan fingerprint density at radius 1 is 1.14 bits per heavy atom. The summed E-state index contributed by atoms with van der Waals surface area (Å²) in [7, 11) is 1.73. The number of rotatable bonds is 5. The monoisotopic (exact) mass is 281 g/mol. The molecule has 0 radical (unpaired) electrons. The molecule has 2 heteroatoms. The molecule has 0 saturated heterocycles. The minimum atomic E-state index is 0.135. The summed E-state index contributed by atoms with van der Waals surface area (Å²) in [5.74, 6) is 0.944. The van der Waals surface area contributed by atoms with Gasteiger partial charge in [-0.1, -0.05) is 48.0 Å². The lowest BCUT2D eigenvalue weighted by Crippen LogP contribution is -2.36. The maximum absolute atomic E-state index is 6.60. The normalized spacial score (nSPS) is 17.3. The minimum Gasteiger partial charge on any atom is -0.496 e. The average Bonchev–Trinajstić information content (AvgIpc) is 3.30. The predicted octanol–water partition coefficient (Wildman–Crippen LogP) is 3.61. The number of methoxy groups -OCH3 is 1. The molecule has 0 bridgehead atoms. The molecular formula is C19H23NO. The van der Waals surface area contributed by atoms with Crippen LogP contribution in [0.25, 0.3) is 0 Å². The molecule has 0 aliphatic heterocycles. The Labute approximate surface area is 126 Å². The van der Waals surface area contributed by atoms with E-state index in [-0.39, 0.29) is 11.5 Å². The van der Waals surface area contributed by atoms with E-state index in [0.717, 1.165) is 12.2 Å². The lowest BCUT2D eigenvalue weighted by atomic mass is 9.84. The van der Waals surface area contributed by atoms with Gasteiger partial charge >= 0.3 is 0 Å². The van der Waals surface area contributed by atoms with Crippen LogP contribution in [0.2, 0.25) is 0 Å². The first-order chi connectivity index (χ1) is 10.2. The molecule has 0 aromatic heterocycles. The third kappa shape index (κ3) is 2.68. The molecule has 1 aliphatic carbocycles. The summed E-state index contributed by atoms with van der Waals surface area (Å²) in [6.07, 6.45) is 3.23. The first-order valence-electron chi connectivity index (χ1n) is 7.60. The van der Waals surface area contributed by atoms with Gasteiger partial charge in [-0.05, 0) is 43.4 Å². The molecule has 110 valence electrons. The maximum atomic E-state index is 6.60. The highest BCUT2D eigenvalue weighted by Crippen LogP contribution is 2.51. The van der Waals surface area contributed by atoms with Crippen LogP contribution in [0.5, 0.6) is 5.75 Å². The Morgan fingerprint density at radius 3 is 2.48 bits per heavy atom. The van der Waals surface area contributed by atoms with Crippen molar-refractivity contribution >= 4 is 0 Å². The van der Waals surface area contributed by atoms with Crippen LogP contribution in [-0.4, -0.2) is 13.2 Å². The summed E-state index contributed by atoms with van der Waals surface area (Å²) in [6, 6.07) is 17.1. The van der Waals surface area contributed by atoms with Gasteiger partial charge in [0.15, 0.2) is 0 Å². The van der Waals surface area contributed by atoms with Gasteiger partial charge in [-0.3, -0.25) is 0 Å². The minimum absolute atomic E-state index is 0.135. The Bertz CT molecular complexity index is 617. The number of nitrogens with two attached hydrogens (primary N) is 1. The van der Waals surface area contributed by atoms with Crippen molar-refractivity contribution in [1.29, 1.82) is 0 Å². The van der Waals surface area contributed by atoms with Crippen molar-refractivity contribution in [3.05, 3.63) is 65.2 Å². The predicted molar refractivity (Wildman–Crippen MR) is 86.8 cm³/mol. The van der Waals surface area contributed by atoms with Crippen LogP contribution in [0.4, 0.5) is 0 Å². The second-order valence-electron chi connectivity index (χ2n) is 6.15. The van der Waals surface area contributed by atoms with E-state index in [9.17, 15) is 0 Å². The summed E-state index contributed by atoms with van der Waals surface area (Å²) in [5.41, 5.74) is 10.6. The van der Waals surface area contributed by atoms with Crippen LogP contribution in [0, 0.1) is 6.92 Å². The summed E-state index contributed by atoms with van der Waals surface area (Å²) in [4.78, 5) is 0. The van der Waals surface area contributed by atoms with Crippen LogP contribution >= 0.6 is 0 Å². The standard InChI is InChI=1S/C19H23NO/c1-14-8-9-17(21-2)15(12-14)13-18(20)19(10-11-19)16-6-4-3-5-7-16/h3-9,12,18H,10-11,13,20H2,1-2H3. The van der Waals surface area contributed by atoms with Gasteiger partial charge < -0.3 is 10.5 Å². The summed E-state index contributed by atoms with van der Waals surface area (Å²) in [6.45, 7) is 2.11. The number of hydrogen-bond acceptors (Lipinski definition) is 2. The molecule has 2 N–H and O–H groups in total. The third-order valence-corrected chi connectivity index (χ3v) is 4.72. The lowest BCUT2D eigenvalue weighted by Gasteiger charge is -2.25. The zero-order valence-electron chi connectivity index (χ0n) is 12.8. The van der Waals surface area contributed by atoms with E-state index in [2.05, 4.69) is 49.4 Å². The first kappa shape index (κ1) is 14.2. The summed E-state index contributed by atoms with van der Waals surface area (Å²) >= 11 is 0. The third-order valence-electron chi connectivity index (χ3n) is 4.72. The van der Waals surface area contributed by atoms with Crippen LogP contribution < -0.4 is 10.5 Å². The molecule has 1 saturated carbocycles. The van der Waals surface area contributed by atoms with E-state index in [1.807, 2.05) is 6.07 Å². The van der Waals surface area contributed by atoms with Gasteiger partial charge in [-0.2, -0.15) is 0 Å². The second-order valence-corrected chi connectivity index (χ2v) is 6.15. The maximum Gasteiger partial charge on any atom is 0.122 e. The van der Waals surface area contributed by atoms with Gasteiger partial charge in [-0.15, -0.1) is 0 Å². The Balaban J connectivity index is 1.84. The molecule has 1 fully saturated rings. The van der Waals surface area contributed by atoms with Crippen LogP contribution in [0.15, 0.2) is 48.5 Å². The van der Waals surface area contributed by atoms with Crippen molar-refractivity contribution in [2.45, 2.75) is 37.6 Å². The fourth-order valence-corrected chi connectivity index (χ4v) is 3.28. The molecule has 2 nitrogen and oxygen atoms in total.